The van der Waals surface area contributed by atoms with Gasteiger partial charge in [-0.05, 0) is 31.2 Å². The molecule has 15 nitrogen and oxygen atoms in total. The van der Waals surface area contributed by atoms with E-state index in [1.165, 1.54) is 59.0 Å². The SMILES string of the molecule is Cc1nn(CCOC(F)F)cc1-c1ccc(-c2cnc(C(=O)Nc3ccc(C(=O)N4CCN(C(=O)[C@H]5CC[N@+](CC(=O)O)(CC6CNC6)CC5)CC4)c(Cl)c3)n2C)c(F)c1F. The van der Waals surface area contributed by atoms with Gasteiger partial charge in [0.1, 0.15) is 0 Å². The van der Waals surface area contributed by atoms with Crippen LogP contribution in [-0.4, -0.2) is 141 Å². The maximum atomic E-state index is 15.6. The van der Waals surface area contributed by atoms with E-state index < -0.39 is 30.1 Å². The molecule has 2 aromatic heterocycles. The smallest absolute Gasteiger partial charge is 0.359 e. The van der Waals surface area contributed by atoms with Gasteiger partial charge in [0, 0.05) is 99.6 Å². The minimum Gasteiger partial charge on any atom is -0.477 e. The van der Waals surface area contributed by atoms with E-state index in [0.717, 1.165) is 19.6 Å². The lowest BCUT2D eigenvalue weighted by Gasteiger charge is -2.46. The fourth-order valence-corrected chi connectivity index (χ4v) is 8.81. The number of carboxylic acids is 1. The Morgan fingerprint density at radius 1 is 1.00 bits per heavy atom. The van der Waals surface area contributed by atoms with Crippen LogP contribution in [0, 0.1) is 30.4 Å². The first kappa shape index (κ1) is 43.7. The molecule has 0 radical (unpaired) electrons. The van der Waals surface area contributed by atoms with Crippen LogP contribution in [0.25, 0.3) is 22.4 Å². The summed E-state index contributed by atoms with van der Waals surface area (Å²) in [5.74, 6) is -4.01. The van der Waals surface area contributed by atoms with Gasteiger partial charge in [0.25, 0.3) is 11.8 Å². The zero-order chi connectivity index (χ0) is 43.6. The third kappa shape index (κ3) is 9.59. The molecule has 0 bridgehead atoms. The molecule has 0 saturated carbocycles. The van der Waals surface area contributed by atoms with Gasteiger partial charge in [-0.25, -0.2) is 18.6 Å². The molecule has 61 heavy (non-hydrogen) atoms. The Morgan fingerprint density at radius 3 is 2.31 bits per heavy atom. The molecule has 3 saturated heterocycles. The molecule has 0 atom stereocenters. The number of alkyl halides is 2. The van der Waals surface area contributed by atoms with Crippen molar-refractivity contribution in [1.29, 1.82) is 0 Å². The topological polar surface area (TPSA) is 164 Å². The molecule has 5 heterocycles. The van der Waals surface area contributed by atoms with E-state index in [0.29, 0.717) is 68.2 Å². The van der Waals surface area contributed by atoms with E-state index >= 15 is 8.78 Å². The lowest BCUT2D eigenvalue weighted by atomic mass is 9.90. The van der Waals surface area contributed by atoms with Crippen molar-refractivity contribution in [3.63, 3.8) is 0 Å². The Morgan fingerprint density at radius 2 is 1.67 bits per heavy atom. The fourth-order valence-electron chi connectivity index (χ4n) is 8.55. The first-order chi connectivity index (χ1) is 29.1. The summed E-state index contributed by atoms with van der Waals surface area (Å²) in [6, 6.07) is 7.13. The number of carbonyl (C=O) groups is 4. The predicted octanol–water partition coefficient (Wildman–Crippen LogP) is 4.50. The van der Waals surface area contributed by atoms with Gasteiger partial charge in [-0.3, -0.25) is 19.1 Å². The second kappa shape index (κ2) is 18.3. The van der Waals surface area contributed by atoms with Crippen molar-refractivity contribution in [3.8, 4) is 22.4 Å². The van der Waals surface area contributed by atoms with Gasteiger partial charge in [-0.2, -0.15) is 13.9 Å². The first-order valence-electron chi connectivity index (χ1n) is 20.0. The van der Waals surface area contributed by atoms with Crippen LogP contribution in [0.5, 0.6) is 0 Å². The van der Waals surface area contributed by atoms with E-state index in [-0.39, 0.29) is 81.9 Å². The number of piperazine rings is 1. The second-order valence-electron chi connectivity index (χ2n) is 15.9. The molecule has 3 fully saturated rings. The molecule has 3 amide bonds. The minimum absolute atomic E-state index is 0.0225. The summed E-state index contributed by atoms with van der Waals surface area (Å²) in [4.78, 5) is 59.6. The summed E-state index contributed by atoms with van der Waals surface area (Å²) in [5, 5.41) is 19.8. The maximum absolute atomic E-state index is 15.6. The molecule has 4 aromatic rings. The molecule has 3 aliphatic heterocycles. The lowest BCUT2D eigenvalue weighted by Crippen LogP contribution is -2.62. The third-order valence-electron chi connectivity index (χ3n) is 11.9. The Kier molecular flexibility index (Phi) is 13.1. The van der Waals surface area contributed by atoms with Crippen molar-refractivity contribution in [2.75, 3.05) is 77.4 Å². The van der Waals surface area contributed by atoms with E-state index in [1.807, 2.05) is 0 Å². The van der Waals surface area contributed by atoms with Gasteiger partial charge >= 0.3 is 12.6 Å². The van der Waals surface area contributed by atoms with Gasteiger partial charge in [-0.1, -0.05) is 17.7 Å². The number of aryl methyl sites for hydroxylation is 1. The number of imidazole rings is 1. The number of carbonyl (C=O) groups excluding carboxylic acids is 3. The zero-order valence-corrected chi connectivity index (χ0v) is 34.4. The van der Waals surface area contributed by atoms with Crippen molar-refractivity contribution in [1.82, 2.24) is 34.4 Å². The van der Waals surface area contributed by atoms with Crippen molar-refractivity contribution < 1.29 is 51.1 Å². The molecule has 0 spiro atoms. The third-order valence-corrected chi connectivity index (χ3v) is 12.2. The molecule has 0 unspecified atom stereocenters. The Labute approximate surface area is 353 Å². The molecule has 2 aromatic carbocycles. The average molecular weight is 873 g/mol. The Bertz CT molecular complexity index is 2300. The summed E-state index contributed by atoms with van der Waals surface area (Å²) < 4.78 is 63.2. The quantitative estimate of drug-likeness (QED) is 0.122. The predicted molar refractivity (Wildman–Crippen MR) is 215 cm³/mol. The van der Waals surface area contributed by atoms with Crippen LogP contribution in [0.3, 0.4) is 0 Å². The van der Waals surface area contributed by atoms with Crippen molar-refractivity contribution >= 4 is 41.0 Å². The highest BCUT2D eigenvalue weighted by atomic mass is 35.5. The summed E-state index contributed by atoms with van der Waals surface area (Å²) in [5.41, 5.74) is 0.942. The van der Waals surface area contributed by atoms with Gasteiger partial charge in [0.2, 0.25) is 5.91 Å². The average Bonchev–Trinajstić information content (AvgIpc) is 3.78. The number of aromatic nitrogens is 4. The minimum atomic E-state index is -2.94. The van der Waals surface area contributed by atoms with Crippen LogP contribution < -0.4 is 10.6 Å². The molecular weight excluding hydrogens is 826 g/mol. The van der Waals surface area contributed by atoms with Crippen molar-refractivity contribution in [3.05, 3.63) is 76.5 Å². The summed E-state index contributed by atoms with van der Waals surface area (Å²) in [6.45, 7) is 3.57. The summed E-state index contributed by atoms with van der Waals surface area (Å²) >= 11 is 6.56. The van der Waals surface area contributed by atoms with Gasteiger partial charge < -0.3 is 39.3 Å². The Balaban J connectivity index is 0.934. The number of likely N-dealkylation sites (tertiary alicyclic amines) is 1. The van der Waals surface area contributed by atoms with Crippen molar-refractivity contribution in [2.24, 2.45) is 18.9 Å². The fraction of sp³-hybridized carbons (Fsp3) is 0.463. The monoisotopic (exact) mass is 872 g/mol. The highest BCUT2D eigenvalue weighted by Crippen LogP contribution is 2.34. The lowest BCUT2D eigenvalue weighted by molar-refractivity contribution is -0.929. The number of halogens is 5. The molecular formula is C41H47ClF4N9O6+. The molecule has 3 N–H and O–H groups in total. The number of rotatable bonds is 14. The standard InChI is InChI=1S/C41H46ClF4N9O6/c1-24-31(21-54(50-24)13-16-61-41(45)46)28-5-6-30(36(44)35(28)43)33-20-48-37(51(33)2)38(58)49-27-3-4-29(32(42)17-27)40(60)53-11-9-52(10-12-53)39(59)26-7-14-55(15-8-26,23-34(56)57)22-25-18-47-19-25/h3-6,17,20-21,25-26,41,47H,7-16,18-19,22-23H2,1-2H3,(H-,49,56,57,58,60)/p+1/t26-,55+. The number of carboxylic acid groups (broad SMARTS) is 1. The normalized spacial score (nSPS) is 19.6. The number of benzene rings is 2. The van der Waals surface area contributed by atoms with Crippen LogP contribution in [0.1, 0.15) is 39.5 Å². The molecule has 326 valence electrons. The highest BCUT2D eigenvalue weighted by molar-refractivity contribution is 6.34. The maximum Gasteiger partial charge on any atom is 0.359 e. The number of quaternary nitrogens is 1. The van der Waals surface area contributed by atoms with E-state index in [9.17, 15) is 33.1 Å². The first-order valence-corrected chi connectivity index (χ1v) is 20.4. The van der Waals surface area contributed by atoms with Gasteiger partial charge in [0.15, 0.2) is 24.0 Å². The van der Waals surface area contributed by atoms with Gasteiger partial charge in [-0.15, -0.1) is 0 Å². The van der Waals surface area contributed by atoms with E-state index in [4.69, 9.17) is 11.6 Å². The molecule has 0 aliphatic carbocycles. The largest absolute Gasteiger partial charge is 0.477 e. The van der Waals surface area contributed by atoms with Gasteiger partial charge in [0.05, 0.1) is 61.0 Å². The number of hydrogen-bond acceptors (Lipinski definition) is 8. The van der Waals surface area contributed by atoms with Crippen LogP contribution >= 0.6 is 11.6 Å². The van der Waals surface area contributed by atoms with Crippen LogP contribution in [0.4, 0.5) is 23.2 Å². The summed E-state index contributed by atoms with van der Waals surface area (Å²) in [7, 11) is 1.47. The number of amides is 3. The number of nitrogens with zero attached hydrogens (tertiary/aromatic N) is 7. The number of nitrogens with one attached hydrogen (secondary N) is 2. The molecule has 20 heteroatoms. The molecule has 3 aliphatic rings. The highest BCUT2D eigenvalue weighted by Gasteiger charge is 2.42. The number of hydrogen-bond donors (Lipinski definition) is 3. The van der Waals surface area contributed by atoms with Crippen LogP contribution in [0.15, 0.2) is 42.7 Å². The summed E-state index contributed by atoms with van der Waals surface area (Å²) in [6.07, 6.45) is 3.90. The van der Waals surface area contributed by atoms with Crippen molar-refractivity contribution in [2.45, 2.75) is 32.9 Å². The number of anilines is 1. The van der Waals surface area contributed by atoms with E-state index in [2.05, 4.69) is 25.5 Å². The number of aliphatic carboxylic acids is 1. The second-order valence-corrected chi connectivity index (χ2v) is 16.3. The van der Waals surface area contributed by atoms with E-state index in [1.54, 1.807) is 16.7 Å². The Hall–Kier alpha value is -5.37. The molecule has 7 rings (SSSR count). The van der Waals surface area contributed by atoms with Crippen LogP contribution in [-0.2, 0) is 27.9 Å². The zero-order valence-electron chi connectivity index (χ0n) is 33.7. The number of piperidine rings is 1. The van der Waals surface area contributed by atoms with Crippen LogP contribution in [0.2, 0.25) is 5.02 Å². The number of ether oxygens (including phenoxy) is 1.